The molecule has 1 aliphatic rings. The molecule has 0 aliphatic carbocycles. The number of ether oxygens (including phenoxy) is 2. The van der Waals surface area contributed by atoms with Gasteiger partial charge in [-0.3, -0.25) is 9.40 Å². The number of aryl methyl sites for hydroxylation is 1. The second-order valence-electron chi connectivity index (χ2n) is 5.79. The molecule has 7 nitrogen and oxygen atoms in total. The Morgan fingerprint density at radius 1 is 1.33 bits per heavy atom. The quantitative estimate of drug-likeness (QED) is 0.894. The molecule has 3 rings (SSSR count). The van der Waals surface area contributed by atoms with Crippen LogP contribution >= 0.6 is 0 Å². The van der Waals surface area contributed by atoms with Gasteiger partial charge in [0.2, 0.25) is 0 Å². The fourth-order valence-corrected chi connectivity index (χ4v) is 3.88. The van der Waals surface area contributed by atoms with Crippen LogP contribution in [0.3, 0.4) is 0 Å². The van der Waals surface area contributed by atoms with Crippen molar-refractivity contribution in [2.24, 2.45) is 0 Å². The number of aromatic nitrogens is 2. The smallest absolute Gasteiger partial charge is 0.262 e. The van der Waals surface area contributed by atoms with Gasteiger partial charge in [-0.15, -0.1) is 0 Å². The molecule has 1 aromatic heterocycles. The van der Waals surface area contributed by atoms with Crippen molar-refractivity contribution in [1.29, 1.82) is 0 Å². The minimum absolute atomic E-state index is 0.194. The van der Waals surface area contributed by atoms with E-state index in [9.17, 15) is 8.42 Å². The lowest BCUT2D eigenvalue weighted by Gasteiger charge is -2.22. The standard InChI is InChI=1S/C16H21N3O4S/c1-12-9-15(3-4-16(12)22-2)24(20,21)18-13-10-17-19(11-13)14-5-7-23-8-6-14/h3-4,9-11,14,18H,5-8H2,1-2H3. The van der Waals surface area contributed by atoms with Gasteiger partial charge in [0, 0.05) is 19.4 Å². The SMILES string of the molecule is COc1ccc(S(=O)(=O)Nc2cnn(C3CCOCC3)c2)cc1C. The van der Waals surface area contributed by atoms with Crippen LogP contribution in [-0.2, 0) is 14.8 Å². The average Bonchev–Trinajstić information content (AvgIpc) is 3.03. The van der Waals surface area contributed by atoms with Crippen molar-refractivity contribution in [3.8, 4) is 5.75 Å². The Morgan fingerprint density at radius 3 is 2.75 bits per heavy atom. The molecule has 0 spiro atoms. The maximum absolute atomic E-state index is 12.5. The van der Waals surface area contributed by atoms with E-state index in [1.54, 1.807) is 37.0 Å². The minimum Gasteiger partial charge on any atom is -0.496 e. The van der Waals surface area contributed by atoms with Gasteiger partial charge < -0.3 is 9.47 Å². The Hall–Kier alpha value is -2.06. The molecule has 1 saturated heterocycles. The van der Waals surface area contributed by atoms with Gasteiger partial charge in [0.15, 0.2) is 0 Å². The van der Waals surface area contributed by atoms with Crippen LogP contribution in [0.5, 0.6) is 5.75 Å². The molecule has 0 radical (unpaired) electrons. The van der Waals surface area contributed by atoms with Crippen LogP contribution in [0.25, 0.3) is 0 Å². The molecule has 130 valence electrons. The second-order valence-corrected chi connectivity index (χ2v) is 7.47. The number of rotatable bonds is 5. The molecule has 2 aromatic rings. The van der Waals surface area contributed by atoms with Gasteiger partial charge in [0.1, 0.15) is 5.75 Å². The van der Waals surface area contributed by atoms with E-state index in [-0.39, 0.29) is 10.9 Å². The number of hydrogen-bond acceptors (Lipinski definition) is 5. The van der Waals surface area contributed by atoms with E-state index in [0.29, 0.717) is 24.7 Å². The average molecular weight is 351 g/mol. The molecule has 1 fully saturated rings. The maximum atomic E-state index is 12.5. The van der Waals surface area contributed by atoms with Gasteiger partial charge in [0.25, 0.3) is 10.0 Å². The lowest BCUT2D eigenvalue weighted by Crippen LogP contribution is -2.19. The number of methoxy groups -OCH3 is 1. The maximum Gasteiger partial charge on any atom is 0.262 e. The van der Waals surface area contributed by atoms with Gasteiger partial charge >= 0.3 is 0 Å². The summed E-state index contributed by atoms with van der Waals surface area (Å²) in [6.45, 7) is 3.22. The summed E-state index contributed by atoms with van der Waals surface area (Å²) in [4.78, 5) is 0.194. The summed E-state index contributed by atoms with van der Waals surface area (Å²) in [6, 6.07) is 5.01. The monoisotopic (exact) mass is 351 g/mol. The normalized spacial score (nSPS) is 16.1. The van der Waals surface area contributed by atoms with E-state index in [1.807, 2.05) is 0 Å². The highest BCUT2D eigenvalue weighted by molar-refractivity contribution is 7.92. The van der Waals surface area contributed by atoms with E-state index in [2.05, 4.69) is 9.82 Å². The van der Waals surface area contributed by atoms with E-state index in [1.165, 1.54) is 12.3 Å². The summed E-state index contributed by atoms with van der Waals surface area (Å²) < 4.78 is 39.9. The summed E-state index contributed by atoms with van der Waals surface area (Å²) in [5.41, 5.74) is 1.22. The number of benzene rings is 1. The second kappa shape index (κ2) is 6.82. The molecule has 2 heterocycles. The van der Waals surface area contributed by atoms with Crippen molar-refractivity contribution in [1.82, 2.24) is 9.78 Å². The molecule has 24 heavy (non-hydrogen) atoms. The van der Waals surface area contributed by atoms with Crippen LogP contribution in [0.15, 0.2) is 35.5 Å². The predicted octanol–water partition coefficient (Wildman–Crippen LogP) is 2.35. The van der Waals surface area contributed by atoms with Crippen molar-refractivity contribution in [2.45, 2.75) is 30.7 Å². The van der Waals surface area contributed by atoms with Crippen LogP contribution in [0.4, 0.5) is 5.69 Å². The zero-order valence-corrected chi connectivity index (χ0v) is 14.5. The molecule has 1 aromatic carbocycles. The van der Waals surface area contributed by atoms with Crippen molar-refractivity contribution < 1.29 is 17.9 Å². The van der Waals surface area contributed by atoms with E-state index in [0.717, 1.165) is 18.4 Å². The first-order valence-electron chi connectivity index (χ1n) is 7.79. The Morgan fingerprint density at radius 2 is 2.08 bits per heavy atom. The van der Waals surface area contributed by atoms with Gasteiger partial charge in [-0.1, -0.05) is 0 Å². The van der Waals surface area contributed by atoms with Gasteiger partial charge in [-0.2, -0.15) is 5.10 Å². The van der Waals surface area contributed by atoms with Crippen molar-refractivity contribution in [3.63, 3.8) is 0 Å². The molecule has 0 amide bonds. The Bertz CT molecular complexity index is 810. The van der Waals surface area contributed by atoms with E-state index < -0.39 is 10.0 Å². The topological polar surface area (TPSA) is 82.5 Å². The zero-order valence-electron chi connectivity index (χ0n) is 13.7. The summed E-state index contributed by atoms with van der Waals surface area (Å²) in [5.74, 6) is 0.654. The minimum atomic E-state index is -3.66. The van der Waals surface area contributed by atoms with Crippen molar-refractivity contribution >= 4 is 15.7 Å². The number of sulfonamides is 1. The Kier molecular flexibility index (Phi) is 4.77. The van der Waals surface area contributed by atoms with Crippen LogP contribution in [-0.4, -0.2) is 38.5 Å². The third-order valence-electron chi connectivity index (χ3n) is 4.10. The van der Waals surface area contributed by atoms with Gasteiger partial charge in [-0.05, 0) is 43.5 Å². The largest absolute Gasteiger partial charge is 0.496 e. The first-order valence-corrected chi connectivity index (χ1v) is 9.27. The van der Waals surface area contributed by atoms with Gasteiger partial charge in [-0.25, -0.2) is 8.42 Å². The number of hydrogen-bond donors (Lipinski definition) is 1. The van der Waals surface area contributed by atoms with Crippen LogP contribution in [0.1, 0.15) is 24.4 Å². The summed E-state index contributed by atoms with van der Waals surface area (Å²) in [7, 11) is -2.11. The molecule has 0 atom stereocenters. The highest BCUT2D eigenvalue weighted by atomic mass is 32.2. The van der Waals surface area contributed by atoms with E-state index in [4.69, 9.17) is 9.47 Å². The van der Waals surface area contributed by atoms with E-state index >= 15 is 0 Å². The molecule has 1 N–H and O–H groups in total. The third-order valence-corrected chi connectivity index (χ3v) is 5.47. The highest BCUT2D eigenvalue weighted by Gasteiger charge is 2.19. The molecule has 1 aliphatic heterocycles. The fraction of sp³-hybridized carbons (Fsp3) is 0.438. The highest BCUT2D eigenvalue weighted by Crippen LogP contribution is 2.25. The first kappa shape index (κ1) is 16.8. The summed E-state index contributed by atoms with van der Waals surface area (Å²) >= 11 is 0. The summed E-state index contributed by atoms with van der Waals surface area (Å²) in [6.07, 6.45) is 5.02. The number of anilines is 1. The Labute approximate surface area is 141 Å². The lowest BCUT2D eigenvalue weighted by molar-refractivity contribution is 0.0662. The summed E-state index contributed by atoms with van der Waals surface area (Å²) in [5, 5.41) is 4.28. The molecular formula is C16H21N3O4S. The third kappa shape index (κ3) is 3.54. The zero-order chi connectivity index (χ0) is 17.2. The van der Waals surface area contributed by atoms with Crippen LogP contribution in [0.2, 0.25) is 0 Å². The number of nitrogens with zero attached hydrogens (tertiary/aromatic N) is 2. The molecule has 0 bridgehead atoms. The molecular weight excluding hydrogens is 330 g/mol. The molecule has 0 unspecified atom stereocenters. The predicted molar refractivity (Wildman–Crippen MR) is 89.9 cm³/mol. The molecule has 0 saturated carbocycles. The number of nitrogens with one attached hydrogen (secondary N) is 1. The lowest BCUT2D eigenvalue weighted by atomic mass is 10.1. The van der Waals surface area contributed by atoms with Crippen molar-refractivity contribution in [2.75, 3.05) is 25.0 Å². The van der Waals surface area contributed by atoms with Crippen molar-refractivity contribution in [3.05, 3.63) is 36.2 Å². The fourth-order valence-electron chi connectivity index (χ4n) is 2.77. The van der Waals surface area contributed by atoms with Crippen LogP contribution in [0, 0.1) is 6.92 Å². The molecule has 8 heteroatoms. The first-order chi connectivity index (χ1) is 11.5. The van der Waals surface area contributed by atoms with Gasteiger partial charge in [0.05, 0.1) is 29.9 Å². The van der Waals surface area contributed by atoms with Crippen LogP contribution < -0.4 is 9.46 Å². The Balaban J connectivity index is 1.77.